The third-order valence-corrected chi connectivity index (χ3v) is 4.02. The summed E-state index contributed by atoms with van der Waals surface area (Å²) in [6, 6.07) is 5.22. The summed E-state index contributed by atoms with van der Waals surface area (Å²) in [5, 5.41) is 34.4. The number of tetrazole rings is 1. The predicted octanol–water partition coefficient (Wildman–Crippen LogP) is 1.66. The van der Waals surface area contributed by atoms with E-state index in [1.54, 1.807) is 18.3 Å². The Bertz CT molecular complexity index is 1170. The van der Waals surface area contributed by atoms with Gasteiger partial charge in [-0.3, -0.25) is 9.59 Å². The van der Waals surface area contributed by atoms with Crippen LogP contribution in [0.2, 0.25) is 0 Å². The molecule has 0 saturated carbocycles. The van der Waals surface area contributed by atoms with Crippen LogP contribution in [0, 0.1) is 0 Å². The van der Waals surface area contributed by atoms with Crippen molar-refractivity contribution >= 4 is 16.9 Å². The quantitative estimate of drug-likeness (QED) is 0.597. The summed E-state index contributed by atoms with van der Waals surface area (Å²) in [5.74, 6) is -0.231. The highest BCUT2D eigenvalue weighted by Crippen LogP contribution is 2.30. The molecule has 2 aromatic carbocycles. The third kappa shape index (κ3) is 3.03. The molecule has 0 amide bonds. The summed E-state index contributed by atoms with van der Waals surface area (Å²) in [6.45, 7) is 1.91. The number of nitrogens with one attached hydrogen (secondary N) is 2. The third-order valence-electron chi connectivity index (χ3n) is 4.02. The smallest absolute Gasteiger partial charge is 0.271 e. The van der Waals surface area contributed by atoms with Gasteiger partial charge in [0.25, 0.3) is 10.9 Å². The van der Waals surface area contributed by atoms with E-state index in [-0.39, 0.29) is 11.7 Å². The van der Waals surface area contributed by atoms with Gasteiger partial charge in [-0.25, -0.2) is 0 Å². The molecule has 3 N–H and O–H groups in total. The number of aromatic hydroxyl groups is 1. The van der Waals surface area contributed by atoms with Gasteiger partial charge in [-0.15, -0.1) is 10.2 Å². The number of hydrogen-bond acceptors (Lipinski definition) is 9. The number of hydrogen-bond donors (Lipinski definition) is 3. The van der Waals surface area contributed by atoms with Crippen LogP contribution in [0.3, 0.4) is 0 Å². The van der Waals surface area contributed by atoms with Crippen LogP contribution in [0.5, 0.6) is 5.75 Å². The molecule has 1 aliphatic rings. The molecule has 0 saturated heterocycles. The van der Waals surface area contributed by atoms with Crippen molar-refractivity contribution in [1.29, 1.82) is 0 Å². The minimum atomic E-state index is -0.907. The molecular weight excluding hydrogens is 350 g/mol. The molecule has 0 aliphatic carbocycles. The van der Waals surface area contributed by atoms with E-state index >= 15 is 0 Å². The van der Waals surface area contributed by atoms with E-state index in [2.05, 4.69) is 36.2 Å². The lowest BCUT2D eigenvalue weighted by molar-refractivity contribution is 0.466. The molecule has 1 aliphatic heterocycles. The molecule has 0 radical (unpaired) electrons. The lowest BCUT2D eigenvalue weighted by Gasteiger charge is -2.12. The van der Waals surface area contributed by atoms with E-state index in [9.17, 15) is 14.7 Å². The van der Waals surface area contributed by atoms with Gasteiger partial charge >= 0.3 is 0 Å². The molecular formula is C17H13N7O3. The maximum Gasteiger partial charge on any atom is 0.271 e. The number of benzene rings is 1. The zero-order valence-electron chi connectivity index (χ0n) is 14.0. The average molecular weight is 363 g/mol. The first-order valence-corrected chi connectivity index (χ1v) is 8.00. The van der Waals surface area contributed by atoms with Crippen LogP contribution < -0.4 is 16.2 Å². The monoisotopic (exact) mass is 363 g/mol. The molecule has 10 nitrogen and oxygen atoms in total. The van der Waals surface area contributed by atoms with Gasteiger partial charge in [-0.1, -0.05) is 12.2 Å². The van der Waals surface area contributed by atoms with Gasteiger partial charge in [0.05, 0.1) is 12.2 Å². The number of allylic oxidation sites excluding steroid dienone is 2. The number of azo groups is 1. The Hall–Kier alpha value is -3.95. The van der Waals surface area contributed by atoms with Crippen molar-refractivity contribution in [3.8, 4) is 17.1 Å². The van der Waals surface area contributed by atoms with Gasteiger partial charge in [0.1, 0.15) is 5.69 Å². The first-order chi connectivity index (χ1) is 13.0. The molecule has 2 heterocycles. The minimum Gasteiger partial charge on any atom is -0.502 e. The molecule has 0 spiro atoms. The van der Waals surface area contributed by atoms with Gasteiger partial charge in [0.15, 0.2) is 5.75 Å². The standard InChI is InChI=1S/C17H13N7O3/c1-8-2-3-9(7-18-20-8)10-4-11(17-21-23-24-22-17)6-12(5-10)19-13-14(25)16(27)15(13)26/h2-8,19,25H,1H3,(H,21,22,23,24). The minimum absolute atomic E-state index is 0.0440. The second kappa shape index (κ2) is 6.41. The summed E-state index contributed by atoms with van der Waals surface area (Å²) in [4.78, 5) is 22.9. The van der Waals surface area contributed by atoms with Crippen molar-refractivity contribution in [3.63, 3.8) is 0 Å². The van der Waals surface area contributed by atoms with E-state index in [1.807, 2.05) is 25.1 Å². The molecule has 4 rings (SSSR count). The van der Waals surface area contributed by atoms with E-state index in [1.165, 1.54) is 0 Å². The molecule has 1 atom stereocenters. The topological polar surface area (TPSA) is 146 Å². The van der Waals surface area contributed by atoms with E-state index in [0.717, 1.165) is 11.1 Å². The maximum absolute atomic E-state index is 11.6. The summed E-state index contributed by atoms with van der Waals surface area (Å²) in [7, 11) is 0. The first-order valence-electron chi connectivity index (χ1n) is 8.00. The van der Waals surface area contributed by atoms with Gasteiger partial charge < -0.3 is 10.4 Å². The van der Waals surface area contributed by atoms with Crippen LogP contribution in [-0.2, 0) is 0 Å². The Kier molecular flexibility index (Phi) is 3.92. The number of aromatic nitrogens is 4. The summed E-state index contributed by atoms with van der Waals surface area (Å²) in [5.41, 5.74) is 0.803. The van der Waals surface area contributed by atoms with Gasteiger partial charge in [0.2, 0.25) is 5.82 Å². The zero-order chi connectivity index (χ0) is 19.0. The van der Waals surface area contributed by atoms with Crippen molar-refractivity contribution in [1.82, 2.24) is 20.6 Å². The fourth-order valence-corrected chi connectivity index (χ4v) is 2.62. The van der Waals surface area contributed by atoms with Crippen molar-refractivity contribution < 1.29 is 5.11 Å². The van der Waals surface area contributed by atoms with Crippen LogP contribution in [-0.4, -0.2) is 31.8 Å². The number of H-pyrrole nitrogens is 1. The number of anilines is 2. The van der Waals surface area contributed by atoms with Crippen LogP contribution in [0.15, 0.2) is 56.4 Å². The molecule has 0 fully saturated rings. The first kappa shape index (κ1) is 16.5. The SMILES string of the molecule is CC1C=CC(c2cc(Nc3c(O)c(=O)c3=O)cc(-c3nn[nH]n3)c2)=CN=N1. The lowest BCUT2D eigenvalue weighted by atomic mass is 10.0. The second-order valence-corrected chi connectivity index (χ2v) is 5.96. The van der Waals surface area contributed by atoms with E-state index in [4.69, 9.17) is 0 Å². The highest BCUT2D eigenvalue weighted by atomic mass is 16.3. The fraction of sp³-hybridized carbons (Fsp3) is 0.118. The highest BCUT2D eigenvalue weighted by molar-refractivity contribution is 5.81. The molecule has 10 heteroatoms. The van der Waals surface area contributed by atoms with Gasteiger partial charge in [0, 0.05) is 16.8 Å². The highest BCUT2D eigenvalue weighted by Gasteiger charge is 2.21. The summed E-state index contributed by atoms with van der Waals surface area (Å²) < 4.78 is 0. The Morgan fingerprint density at radius 1 is 1.15 bits per heavy atom. The molecule has 1 aromatic heterocycles. The summed E-state index contributed by atoms with van der Waals surface area (Å²) in [6.07, 6.45) is 5.41. The Balaban J connectivity index is 1.80. The number of rotatable bonds is 4. The molecule has 3 aromatic rings. The molecule has 0 bridgehead atoms. The molecule has 134 valence electrons. The van der Waals surface area contributed by atoms with Gasteiger partial charge in [-0.2, -0.15) is 15.4 Å². The Labute approximate surface area is 151 Å². The lowest BCUT2D eigenvalue weighted by Crippen LogP contribution is -2.32. The Morgan fingerprint density at radius 2 is 1.96 bits per heavy atom. The zero-order valence-corrected chi connectivity index (χ0v) is 14.0. The molecule has 27 heavy (non-hydrogen) atoms. The van der Waals surface area contributed by atoms with E-state index < -0.39 is 16.6 Å². The van der Waals surface area contributed by atoms with Gasteiger partial charge in [-0.05, 0) is 35.9 Å². The second-order valence-electron chi connectivity index (χ2n) is 5.96. The normalized spacial score (nSPS) is 16.3. The summed E-state index contributed by atoms with van der Waals surface area (Å²) >= 11 is 0. The fourth-order valence-electron chi connectivity index (χ4n) is 2.62. The average Bonchev–Trinajstić information content (AvgIpc) is 3.14. The van der Waals surface area contributed by atoms with Crippen molar-refractivity contribution in [2.75, 3.05) is 5.32 Å². The van der Waals surface area contributed by atoms with Crippen molar-refractivity contribution in [3.05, 3.63) is 62.6 Å². The largest absolute Gasteiger partial charge is 0.502 e. The van der Waals surface area contributed by atoms with Crippen LogP contribution in [0.1, 0.15) is 12.5 Å². The maximum atomic E-state index is 11.6. The van der Waals surface area contributed by atoms with Crippen LogP contribution in [0.25, 0.3) is 17.0 Å². The predicted molar refractivity (Wildman–Crippen MR) is 97.4 cm³/mol. The van der Waals surface area contributed by atoms with Crippen LogP contribution in [0.4, 0.5) is 11.4 Å². The number of nitrogens with zero attached hydrogens (tertiary/aromatic N) is 5. The van der Waals surface area contributed by atoms with Crippen molar-refractivity contribution in [2.24, 2.45) is 10.2 Å². The molecule has 1 unspecified atom stereocenters. The van der Waals surface area contributed by atoms with Crippen LogP contribution >= 0.6 is 0 Å². The van der Waals surface area contributed by atoms with Crippen molar-refractivity contribution in [2.45, 2.75) is 13.0 Å². The Morgan fingerprint density at radius 3 is 2.70 bits per heavy atom. The number of aromatic amines is 1. The van der Waals surface area contributed by atoms with E-state index in [0.29, 0.717) is 17.1 Å².